The normalized spacial score (nSPS) is 11.8. The Morgan fingerprint density at radius 1 is 0.727 bits per heavy atom. The number of benzene rings is 1. The van der Waals surface area contributed by atoms with Gasteiger partial charge in [-0.2, -0.15) is 0 Å². The summed E-state index contributed by atoms with van der Waals surface area (Å²) in [6, 6.07) is 5.78. The summed E-state index contributed by atoms with van der Waals surface area (Å²) in [5.74, 6) is 0. The van der Waals surface area contributed by atoms with Crippen LogP contribution in [0.5, 0.6) is 0 Å². The van der Waals surface area contributed by atoms with E-state index in [-0.39, 0.29) is 4.90 Å². The highest BCUT2D eigenvalue weighted by molar-refractivity contribution is 9.09. The molecule has 0 fully saturated rings. The van der Waals surface area contributed by atoms with Gasteiger partial charge in [0.2, 0.25) is 0 Å². The van der Waals surface area contributed by atoms with Crippen LogP contribution >= 0.6 is 15.9 Å². The smallest absolute Gasteiger partial charge is 0.134 e. The summed E-state index contributed by atoms with van der Waals surface area (Å²) < 4.78 is 32.4. The lowest BCUT2D eigenvalue weighted by Gasteiger charge is -2.32. The highest BCUT2D eigenvalue weighted by Gasteiger charge is 2.18. The number of alkyl halides is 1. The maximum Gasteiger partial charge on any atom is 0.134 e. The van der Waals surface area contributed by atoms with Gasteiger partial charge < -0.3 is 9.04 Å². The van der Waals surface area contributed by atoms with Gasteiger partial charge in [0.15, 0.2) is 0 Å². The van der Waals surface area contributed by atoms with E-state index in [0.717, 1.165) is 11.0 Å². The third-order valence-corrected chi connectivity index (χ3v) is 8.26. The van der Waals surface area contributed by atoms with Gasteiger partial charge in [-0.05, 0) is 60.7 Å². The molecule has 194 valence electrons. The highest BCUT2D eigenvalue weighted by Crippen LogP contribution is 2.15. The molecule has 0 saturated heterocycles. The van der Waals surface area contributed by atoms with Crippen LogP contribution in [-0.4, -0.2) is 43.0 Å². The second-order valence-electron chi connectivity index (χ2n) is 9.70. The maximum absolute atomic E-state index is 10.4. The predicted molar refractivity (Wildman–Crippen MR) is 145 cm³/mol. The van der Waals surface area contributed by atoms with Crippen molar-refractivity contribution < 1.29 is 17.5 Å². The van der Waals surface area contributed by atoms with Crippen molar-refractivity contribution >= 4 is 26.0 Å². The standard InChI is InChI=1S/C20H43BrN.C7H8O3S/c1-4-6-8-10-12-14-16-18-22(3,20-21)19-17-15-13-11-9-7-5-2;1-6-2-4-7(5-3-6)11(8,9)10/h4-20H2,1-3H3;2-5H,1H3,(H,8,9,10)/q+1;/p-1. The Morgan fingerprint density at radius 3 is 1.42 bits per heavy atom. The second-order valence-corrected chi connectivity index (χ2v) is 11.6. The van der Waals surface area contributed by atoms with Crippen LogP contribution in [0.3, 0.4) is 0 Å². The van der Waals surface area contributed by atoms with Crippen LogP contribution in [0.4, 0.5) is 0 Å². The van der Waals surface area contributed by atoms with E-state index in [1.807, 2.05) is 6.92 Å². The van der Waals surface area contributed by atoms with Crippen molar-refractivity contribution in [1.82, 2.24) is 0 Å². The number of hydrogen-bond donors (Lipinski definition) is 0. The third kappa shape index (κ3) is 18.6. The zero-order valence-electron chi connectivity index (χ0n) is 21.8. The number of hydrogen-bond acceptors (Lipinski definition) is 3. The highest BCUT2D eigenvalue weighted by atomic mass is 79.9. The van der Waals surface area contributed by atoms with E-state index in [9.17, 15) is 13.0 Å². The number of quaternary nitrogens is 1. The van der Waals surface area contributed by atoms with E-state index in [0.29, 0.717) is 0 Å². The van der Waals surface area contributed by atoms with Crippen molar-refractivity contribution in [2.24, 2.45) is 0 Å². The zero-order chi connectivity index (χ0) is 25.0. The number of rotatable bonds is 18. The van der Waals surface area contributed by atoms with Crippen molar-refractivity contribution in [2.45, 2.75) is 116 Å². The molecule has 0 N–H and O–H groups in total. The fraction of sp³-hybridized carbons (Fsp3) is 0.778. The van der Waals surface area contributed by atoms with Gasteiger partial charge in [0.25, 0.3) is 0 Å². The largest absolute Gasteiger partial charge is 0.744 e. The Labute approximate surface area is 214 Å². The van der Waals surface area contributed by atoms with E-state index in [1.165, 1.54) is 120 Å². The third-order valence-electron chi connectivity index (χ3n) is 6.20. The SMILES string of the molecule is CCCCCCCCC[N+](C)(CBr)CCCCCCCCC.Cc1ccc(S(=O)(=O)[O-])cc1. The minimum atomic E-state index is -4.27. The molecule has 0 amide bonds. The molecule has 0 aliphatic rings. The van der Waals surface area contributed by atoms with Crippen molar-refractivity contribution in [3.63, 3.8) is 0 Å². The molecule has 0 aliphatic heterocycles. The molecule has 0 aromatic heterocycles. The van der Waals surface area contributed by atoms with Gasteiger partial charge in [-0.3, -0.25) is 0 Å². The van der Waals surface area contributed by atoms with Crippen molar-refractivity contribution in [3.05, 3.63) is 29.8 Å². The summed E-state index contributed by atoms with van der Waals surface area (Å²) in [5.41, 5.74) is 2.05. The van der Waals surface area contributed by atoms with Crippen LogP contribution in [0.25, 0.3) is 0 Å². The van der Waals surface area contributed by atoms with Gasteiger partial charge in [0.05, 0.1) is 25.0 Å². The quantitative estimate of drug-likeness (QED) is 0.0611. The minimum absolute atomic E-state index is 0.178. The van der Waals surface area contributed by atoms with Gasteiger partial charge in [-0.25, -0.2) is 8.42 Å². The number of halogens is 1. The Kier molecular flexibility index (Phi) is 19.6. The monoisotopic (exact) mass is 547 g/mol. The molecule has 0 unspecified atom stereocenters. The van der Waals surface area contributed by atoms with E-state index in [4.69, 9.17) is 0 Å². The first-order valence-electron chi connectivity index (χ1n) is 13.1. The lowest BCUT2D eigenvalue weighted by molar-refractivity contribution is -0.896. The van der Waals surface area contributed by atoms with Gasteiger partial charge in [-0.15, -0.1) is 0 Å². The minimum Gasteiger partial charge on any atom is -0.744 e. The van der Waals surface area contributed by atoms with Crippen LogP contribution in [0.1, 0.15) is 109 Å². The van der Waals surface area contributed by atoms with Crippen molar-refractivity contribution in [3.8, 4) is 0 Å². The predicted octanol–water partition coefficient (Wildman–Crippen LogP) is 8.19. The van der Waals surface area contributed by atoms with Gasteiger partial charge in [0, 0.05) is 0 Å². The molecule has 0 atom stereocenters. The molecule has 0 bridgehead atoms. The van der Waals surface area contributed by atoms with E-state index >= 15 is 0 Å². The van der Waals surface area contributed by atoms with Crippen LogP contribution in [0.2, 0.25) is 0 Å². The Bertz CT molecular complexity index is 659. The fourth-order valence-corrected chi connectivity index (χ4v) is 4.81. The zero-order valence-corrected chi connectivity index (χ0v) is 24.2. The molecule has 1 aromatic carbocycles. The summed E-state index contributed by atoms with van der Waals surface area (Å²) in [7, 11) is -1.84. The number of nitrogens with zero attached hydrogens (tertiary/aromatic N) is 1. The molecule has 0 spiro atoms. The molecule has 6 heteroatoms. The molecule has 0 radical (unpaired) electrons. The molecule has 0 heterocycles. The second kappa shape index (κ2) is 19.8. The number of aryl methyl sites for hydroxylation is 1. The fourth-order valence-electron chi connectivity index (χ4n) is 3.84. The summed E-state index contributed by atoms with van der Waals surface area (Å²) in [5, 5.41) is 0. The van der Waals surface area contributed by atoms with Crippen LogP contribution < -0.4 is 0 Å². The molecule has 33 heavy (non-hydrogen) atoms. The number of unbranched alkanes of at least 4 members (excludes halogenated alkanes) is 12. The first-order valence-corrected chi connectivity index (χ1v) is 15.6. The Balaban J connectivity index is 0.000000771. The summed E-state index contributed by atoms with van der Waals surface area (Å²) in [6.07, 6.45) is 19.9. The van der Waals surface area contributed by atoms with Crippen molar-refractivity contribution in [2.75, 3.05) is 25.6 Å². The lowest BCUT2D eigenvalue weighted by Crippen LogP contribution is -2.44. The molecule has 0 saturated carbocycles. The summed E-state index contributed by atoms with van der Waals surface area (Å²) in [4.78, 5) is -0.178. The molecular formula is C27H50BrNO3S. The van der Waals surface area contributed by atoms with Gasteiger partial charge >= 0.3 is 0 Å². The lowest BCUT2D eigenvalue weighted by atomic mass is 10.1. The van der Waals surface area contributed by atoms with Crippen LogP contribution in [0.15, 0.2) is 29.2 Å². The average molecular weight is 549 g/mol. The van der Waals surface area contributed by atoms with Gasteiger partial charge in [0.1, 0.15) is 15.6 Å². The Hall–Kier alpha value is -0.430. The van der Waals surface area contributed by atoms with E-state index in [1.54, 1.807) is 12.1 Å². The molecule has 0 aliphatic carbocycles. The van der Waals surface area contributed by atoms with Crippen LogP contribution in [-0.2, 0) is 10.1 Å². The van der Waals surface area contributed by atoms with Gasteiger partial charge in [-0.1, -0.05) is 95.8 Å². The maximum atomic E-state index is 10.4. The molecule has 4 nitrogen and oxygen atoms in total. The summed E-state index contributed by atoms with van der Waals surface area (Å²) in [6.45, 7) is 9.12. The van der Waals surface area contributed by atoms with Crippen molar-refractivity contribution in [1.29, 1.82) is 0 Å². The Morgan fingerprint density at radius 2 is 1.09 bits per heavy atom. The summed E-state index contributed by atoms with van der Waals surface area (Å²) >= 11 is 3.75. The first kappa shape index (κ1) is 32.6. The van der Waals surface area contributed by atoms with E-state index < -0.39 is 10.1 Å². The molecular weight excluding hydrogens is 498 g/mol. The first-order chi connectivity index (χ1) is 15.7. The topological polar surface area (TPSA) is 57.2 Å². The van der Waals surface area contributed by atoms with Crippen LogP contribution in [0, 0.1) is 6.92 Å². The molecule has 1 aromatic rings. The average Bonchev–Trinajstić information content (AvgIpc) is 2.78. The van der Waals surface area contributed by atoms with E-state index in [2.05, 4.69) is 36.8 Å². The molecule has 1 rings (SSSR count).